The van der Waals surface area contributed by atoms with Gasteiger partial charge < -0.3 is 33.5 Å². The Morgan fingerprint density at radius 1 is 1.09 bits per heavy atom. The first-order valence-electron chi connectivity index (χ1n) is 13.2. The smallest absolute Gasteiger partial charge is 0.148 e. The minimum absolute atomic E-state index is 0.0240. The van der Waals surface area contributed by atoms with E-state index in [2.05, 4.69) is 11.8 Å². The van der Waals surface area contributed by atoms with Crippen molar-refractivity contribution in [3.05, 3.63) is 0 Å². The monoisotopic (exact) mass is 479 g/mol. The molecule has 2 saturated heterocycles. The molecule has 34 heavy (non-hydrogen) atoms. The van der Waals surface area contributed by atoms with Crippen molar-refractivity contribution in [1.82, 2.24) is 4.90 Å². The fourth-order valence-corrected chi connectivity index (χ4v) is 11.7. The van der Waals surface area contributed by atoms with E-state index in [0.29, 0.717) is 18.4 Å². The van der Waals surface area contributed by atoms with Crippen LogP contribution in [0.15, 0.2) is 0 Å². The molecule has 0 aromatic rings. The maximum atomic E-state index is 12.6. The molecule has 7 bridgehead atoms. The van der Waals surface area contributed by atoms with Crippen LogP contribution in [0.25, 0.3) is 0 Å². The molecule has 3 spiro atoms. The lowest BCUT2D eigenvalue weighted by molar-refractivity contribution is -0.287. The first kappa shape index (κ1) is 22.8. The van der Waals surface area contributed by atoms with Crippen LogP contribution in [0.5, 0.6) is 0 Å². The van der Waals surface area contributed by atoms with E-state index >= 15 is 0 Å². The van der Waals surface area contributed by atoms with E-state index in [1.807, 2.05) is 21.3 Å². The van der Waals surface area contributed by atoms with Gasteiger partial charge in [0.05, 0.1) is 37.1 Å². The van der Waals surface area contributed by atoms with Gasteiger partial charge in [-0.1, -0.05) is 6.92 Å². The van der Waals surface area contributed by atoms with E-state index in [1.165, 1.54) is 0 Å². The normalized spacial score (nSPS) is 61.1. The molecule has 192 valence electrons. The van der Waals surface area contributed by atoms with E-state index < -0.39 is 17.3 Å². The molecule has 7 aliphatic rings. The molecule has 0 aromatic carbocycles. The van der Waals surface area contributed by atoms with Crippen molar-refractivity contribution in [2.24, 2.45) is 34.5 Å². The molecule has 0 aromatic heterocycles. The van der Waals surface area contributed by atoms with Crippen LogP contribution in [-0.4, -0.2) is 107 Å². The van der Waals surface area contributed by atoms with E-state index in [-0.39, 0.29) is 53.8 Å². The highest BCUT2D eigenvalue weighted by Gasteiger charge is 2.93. The van der Waals surface area contributed by atoms with Gasteiger partial charge in [0.15, 0.2) is 0 Å². The lowest BCUT2D eigenvalue weighted by Crippen LogP contribution is -2.81. The molecule has 1 N–H and O–H groups in total. The van der Waals surface area contributed by atoms with Gasteiger partial charge in [-0.15, -0.1) is 0 Å². The highest BCUT2D eigenvalue weighted by atomic mass is 16.7. The molecule has 5 unspecified atom stereocenters. The summed E-state index contributed by atoms with van der Waals surface area (Å²) in [4.78, 5) is 2.61. The molecule has 13 atom stereocenters. The van der Waals surface area contributed by atoms with Crippen LogP contribution in [0.2, 0.25) is 0 Å². The summed E-state index contributed by atoms with van der Waals surface area (Å²) in [7, 11) is 7.32. The minimum Gasteiger partial charge on any atom is -0.390 e. The third-order valence-electron chi connectivity index (χ3n) is 12.0. The molecule has 8 nitrogen and oxygen atoms in total. The number of aliphatic hydroxyl groups excluding tert-OH is 1. The van der Waals surface area contributed by atoms with E-state index in [4.69, 9.17) is 28.4 Å². The second-order valence-corrected chi connectivity index (χ2v) is 12.2. The van der Waals surface area contributed by atoms with Gasteiger partial charge in [0.2, 0.25) is 0 Å². The molecular weight excluding hydrogens is 438 g/mol. The van der Waals surface area contributed by atoms with E-state index in [1.54, 1.807) is 7.11 Å². The number of likely N-dealkylation sites (tertiary alicyclic amines) is 1. The zero-order valence-electron chi connectivity index (χ0n) is 21.2. The molecule has 7 rings (SSSR count). The number of ether oxygens (including phenoxy) is 6. The average molecular weight is 480 g/mol. The molecule has 2 heterocycles. The highest BCUT2D eigenvalue weighted by Crippen LogP contribution is 2.82. The Labute approximate surface area is 202 Å². The minimum atomic E-state index is -0.825. The number of nitrogens with zero attached hydrogens (tertiary/aromatic N) is 1. The van der Waals surface area contributed by atoms with Crippen molar-refractivity contribution in [1.29, 1.82) is 0 Å². The van der Waals surface area contributed by atoms with E-state index in [9.17, 15) is 5.11 Å². The van der Waals surface area contributed by atoms with Crippen molar-refractivity contribution in [3.8, 4) is 0 Å². The number of aliphatic hydroxyl groups is 1. The number of hydrogen-bond donors (Lipinski definition) is 1. The second-order valence-electron chi connectivity index (χ2n) is 12.2. The summed E-state index contributed by atoms with van der Waals surface area (Å²) in [6, 6.07) is 0.0378. The van der Waals surface area contributed by atoms with Gasteiger partial charge in [-0.25, -0.2) is 0 Å². The lowest BCUT2D eigenvalue weighted by atomic mass is 9.42. The van der Waals surface area contributed by atoms with Gasteiger partial charge in [0.25, 0.3) is 0 Å². The first-order valence-corrected chi connectivity index (χ1v) is 13.2. The summed E-state index contributed by atoms with van der Waals surface area (Å²) in [6.45, 7) is 4.93. The maximum Gasteiger partial charge on any atom is 0.148 e. The van der Waals surface area contributed by atoms with Crippen LogP contribution in [0.1, 0.15) is 32.6 Å². The van der Waals surface area contributed by atoms with Crippen LogP contribution in [-0.2, 0) is 28.4 Å². The largest absolute Gasteiger partial charge is 0.390 e. The van der Waals surface area contributed by atoms with Crippen molar-refractivity contribution in [2.45, 2.75) is 74.3 Å². The summed E-state index contributed by atoms with van der Waals surface area (Å²) in [6.07, 6.45) is 3.20. The summed E-state index contributed by atoms with van der Waals surface area (Å²) < 4.78 is 38.3. The van der Waals surface area contributed by atoms with Crippen LogP contribution in [0.4, 0.5) is 0 Å². The third-order valence-corrected chi connectivity index (χ3v) is 12.0. The number of fused-ring (bicyclic) bond motifs is 1. The number of hydrogen-bond acceptors (Lipinski definition) is 8. The topological polar surface area (TPSA) is 78.9 Å². The number of likely N-dealkylation sites (N-methyl/N-ethyl adjacent to an activating group) is 1. The van der Waals surface area contributed by atoms with Gasteiger partial charge in [-0.05, 0) is 31.7 Å². The van der Waals surface area contributed by atoms with Gasteiger partial charge in [0, 0.05) is 70.0 Å². The van der Waals surface area contributed by atoms with Gasteiger partial charge in [0.1, 0.15) is 18.0 Å². The Morgan fingerprint density at radius 3 is 2.59 bits per heavy atom. The predicted molar refractivity (Wildman–Crippen MR) is 121 cm³/mol. The summed E-state index contributed by atoms with van der Waals surface area (Å²) >= 11 is 0. The number of piperidine rings is 1. The molecule has 8 heteroatoms. The summed E-state index contributed by atoms with van der Waals surface area (Å²) in [5.41, 5.74) is -1.83. The SMILES string of the molecule is CCN1C[C@]2(COC)CC[C@H](OC)C34C5C[C@@H]6[C@@H](OC)C[C@@]7(OCOC7([C@@H](O)C32)[C@@H]14)C5[C@H]6OC. The Bertz CT molecular complexity index is 859. The molecule has 5 saturated carbocycles. The molecule has 0 amide bonds. The Kier molecular flexibility index (Phi) is 4.81. The molecule has 2 aliphatic heterocycles. The zero-order valence-corrected chi connectivity index (χ0v) is 21.2. The molecule has 5 aliphatic carbocycles. The zero-order chi connectivity index (χ0) is 23.7. The third kappa shape index (κ3) is 2.05. The van der Waals surface area contributed by atoms with Crippen LogP contribution >= 0.6 is 0 Å². The highest BCUT2D eigenvalue weighted by molar-refractivity contribution is 5.42. The quantitative estimate of drug-likeness (QED) is 0.611. The van der Waals surface area contributed by atoms with Crippen molar-refractivity contribution < 1.29 is 33.5 Å². The Hall–Kier alpha value is -0.320. The summed E-state index contributed by atoms with van der Waals surface area (Å²) in [5, 5.41) is 12.6. The van der Waals surface area contributed by atoms with Crippen LogP contribution < -0.4 is 0 Å². The van der Waals surface area contributed by atoms with E-state index in [0.717, 1.165) is 38.8 Å². The Balaban J connectivity index is 1.55. The van der Waals surface area contributed by atoms with Crippen LogP contribution in [0.3, 0.4) is 0 Å². The summed E-state index contributed by atoms with van der Waals surface area (Å²) in [5.74, 6) is 0.813. The maximum absolute atomic E-state index is 12.6. The Morgan fingerprint density at radius 2 is 1.91 bits per heavy atom. The lowest BCUT2D eigenvalue weighted by Gasteiger charge is -2.70. The van der Waals surface area contributed by atoms with Gasteiger partial charge >= 0.3 is 0 Å². The van der Waals surface area contributed by atoms with Gasteiger partial charge in [-0.3, -0.25) is 4.90 Å². The fourth-order valence-electron chi connectivity index (χ4n) is 11.7. The second kappa shape index (κ2) is 7.16. The van der Waals surface area contributed by atoms with Crippen molar-refractivity contribution >= 4 is 0 Å². The number of rotatable bonds is 6. The molecule has 0 radical (unpaired) electrons. The van der Waals surface area contributed by atoms with Gasteiger partial charge in [-0.2, -0.15) is 0 Å². The van der Waals surface area contributed by atoms with Crippen molar-refractivity contribution in [2.75, 3.05) is 54.9 Å². The standard InChI is InChI=1S/C26H41NO7/c1-6-27-11-23(12-29-2)8-7-17(31-4)25-15-9-14-16(30-3)10-24(18(15)19(14)32-5)26(22(25)27,34-13-33-24)21(28)20(23)25/h14-22,28H,6-13H2,1-5H3/t14-,15?,16+,17+,18?,19+,20?,21+,22+,23+,24-,25?,26?/m1/s1. The van der Waals surface area contributed by atoms with Crippen molar-refractivity contribution in [3.63, 3.8) is 0 Å². The first-order chi connectivity index (χ1) is 16.5. The number of methoxy groups -OCH3 is 4. The van der Waals surface area contributed by atoms with Crippen LogP contribution in [0, 0.1) is 34.5 Å². The predicted octanol–water partition coefficient (Wildman–Crippen LogP) is 1.29. The fraction of sp³-hybridized carbons (Fsp3) is 1.00. The molecule has 7 fully saturated rings. The average Bonchev–Trinajstić information content (AvgIpc) is 3.42. The molecular formula is C26H41NO7.